The number of anilines is 2. The molecule has 45 heavy (non-hydrogen) atoms. The van der Waals surface area contributed by atoms with Gasteiger partial charge in [-0.3, -0.25) is 14.4 Å². The molecule has 4 aliphatic heterocycles. The number of benzene rings is 2. The van der Waals surface area contributed by atoms with E-state index in [9.17, 15) is 19.5 Å². The molecule has 0 saturated carbocycles. The number of aliphatic hydroxyl groups is 1. The van der Waals surface area contributed by atoms with Gasteiger partial charge in [0, 0.05) is 23.5 Å². The first-order chi connectivity index (χ1) is 21.6. The number of thioether (sulfide) groups is 1. The number of nitrogens with zero attached hydrogens (tertiary/aromatic N) is 3. The molecule has 2 aromatic carbocycles. The van der Waals surface area contributed by atoms with Crippen molar-refractivity contribution in [3.05, 3.63) is 77.9 Å². The van der Waals surface area contributed by atoms with E-state index >= 15 is 0 Å². The topological polar surface area (TPSA) is 90.4 Å². The predicted octanol–water partition coefficient (Wildman–Crippen LogP) is 5.34. The first-order valence-corrected chi connectivity index (χ1v) is 16.8. The largest absolute Gasteiger partial charge is 0.494 e. The van der Waals surface area contributed by atoms with Gasteiger partial charge in [0.2, 0.25) is 11.8 Å². The van der Waals surface area contributed by atoms with Crippen LogP contribution in [0.2, 0.25) is 5.02 Å². The number of halogens is 1. The Morgan fingerprint density at radius 2 is 1.64 bits per heavy atom. The van der Waals surface area contributed by atoms with E-state index in [0.29, 0.717) is 41.7 Å². The summed E-state index contributed by atoms with van der Waals surface area (Å²) < 4.78 is 3.83. The second-order valence-electron chi connectivity index (χ2n) is 12.8. The van der Waals surface area contributed by atoms with Crippen LogP contribution in [-0.2, 0) is 14.4 Å². The molecule has 0 aliphatic carbocycles. The fourth-order valence-electron chi connectivity index (χ4n) is 7.68. The summed E-state index contributed by atoms with van der Waals surface area (Å²) in [5, 5.41) is 11.1. The van der Waals surface area contributed by atoms with Gasteiger partial charge in [-0.05, 0) is 62.6 Å². The number of rotatable bonds is 8. The Labute approximate surface area is 274 Å². The quantitative estimate of drug-likeness (QED) is 0.389. The van der Waals surface area contributed by atoms with Crippen molar-refractivity contribution >= 4 is 52.5 Å². The first-order valence-electron chi connectivity index (χ1n) is 15.6. The molecule has 1 unspecified atom stereocenters. The molecular formula is C35H40ClN3O5S. The molecule has 10 heteroatoms. The van der Waals surface area contributed by atoms with Crippen molar-refractivity contribution in [2.75, 3.05) is 36.1 Å². The molecule has 2 fully saturated rings. The molecule has 4 heterocycles. The third kappa shape index (κ3) is 5.17. The summed E-state index contributed by atoms with van der Waals surface area (Å²) in [4.78, 5) is 49.4. The number of para-hydroxylation sites is 1. The van der Waals surface area contributed by atoms with Crippen LogP contribution < -0.4 is 14.5 Å². The van der Waals surface area contributed by atoms with E-state index < -0.39 is 33.4 Å². The van der Waals surface area contributed by atoms with Gasteiger partial charge in [-0.2, -0.15) is 0 Å². The number of hydrogen-bond acceptors (Lipinski definition) is 6. The van der Waals surface area contributed by atoms with Crippen LogP contribution in [-0.4, -0.2) is 75.6 Å². The summed E-state index contributed by atoms with van der Waals surface area (Å²) in [5.74, 6) is -1.37. The number of hydrogen-bond donors (Lipinski definition) is 1. The lowest BCUT2D eigenvalue weighted by molar-refractivity contribution is -0.142. The molecule has 6 rings (SSSR count). The molecule has 1 spiro atoms. The van der Waals surface area contributed by atoms with E-state index in [1.165, 1.54) is 11.8 Å². The lowest BCUT2D eigenvalue weighted by atomic mass is 9.74. The van der Waals surface area contributed by atoms with Gasteiger partial charge in [-0.15, -0.1) is 11.8 Å². The highest BCUT2D eigenvalue weighted by Gasteiger charge is 2.74. The van der Waals surface area contributed by atoms with Gasteiger partial charge in [0.25, 0.3) is 5.91 Å². The molecule has 1 N–H and O–H groups in total. The van der Waals surface area contributed by atoms with Crippen molar-refractivity contribution in [1.82, 2.24) is 4.90 Å². The summed E-state index contributed by atoms with van der Waals surface area (Å²) in [6.07, 6.45) is 8.48. The zero-order valence-electron chi connectivity index (χ0n) is 26.1. The second-order valence-corrected chi connectivity index (χ2v) is 15.0. The standard InChI is InChI=1S/C35H40ClN3O5S/c1-5-44-25-14-12-23(13-15-25)37-18-8-16-34(4)28(31(37)41)29-32(42)39(24(21-40)20-22(2)3)30-33(43)38(19-9-17-35(29,30)45-34)27-11-7-6-10-26(27)36/h6-17,22,24,28-30,40H,5,18-21H2,1-4H3/t24-,28-,29+,30?,34+,35+/m1/s1. The number of fused-ring (bicyclic) bond motifs is 2. The Morgan fingerprint density at radius 1 is 0.956 bits per heavy atom. The summed E-state index contributed by atoms with van der Waals surface area (Å²) in [6, 6.07) is 13.1. The van der Waals surface area contributed by atoms with E-state index in [4.69, 9.17) is 16.3 Å². The van der Waals surface area contributed by atoms with Gasteiger partial charge < -0.3 is 24.5 Å². The van der Waals surface area contributed by atoms with E-state index in [0.717, 1.165) is 0 Å². The smallest absolute Gasteiger partial charge is 0.251 e. The molecule has 238 valence electrons. The number of aliphatic hydroxyl groups excluding tert-OH is 1. The maximum atomic E-state index is 14.9. The molecule has 0 bridgehead atoms. The average molecular weight is 650 g/mol. The third-order valence-electron chi connectivity index (χ3n) is 9.45. The number of likely N-dealkylation sites (tertiary alicyclic amines) is 1. The maximum absolute atomic E-state index is 14.9. The van der Waals surface area contributed by atoms with Crippen molar-refractivity contribution in [2.24, 2.45) is 17.8 Å². The summed E-state index contributed by atoms with van der Waals surface area (Å²) in [5.41, 5.74) is 1.28. The predicted molar refractivity (Wildman–Crippen MR) is 179 cm³/mol. The van der Waals surface area contributed by atoms with Crippen LogP contribution >= 0.6 is 23.4 Å². The Balaban J connectivity index is 1.47. The van der Waals surface area contributed by atoms with Gasteiger partial charge in [0.15, 0.2) is 0 Å². The normalized spacial score (nSPS) is 29.9. The molecule has 8 nitrogen and oxygen atoms in total. The van der Waals surface area contributed by atoms with Crippen molar-refractivity contribution in [3.63, 3.8) is 0 Å². The van der Waals surface area contributed by atoms with Gasteiger partial charge in [0.1, 0.15) is 11.8 Å². The fourth-order valence-corrected chi connectivity index (χ4v) is 10.1. The van der Waals surface area contributed by atoms with E-state index in [-0.39, 0.29) is 36.8 Å². The Hall–Kier alpha value is -3.27. The van der Waals surface area contributed by atoms with Crippen LogP contribution in [0.25, 0.3) is 0 Å². The molecule has 2 aromatic rings. The summed E-state index contributed by atoms with van der Waals surface area (Å²) in [7, 11) is 0. The van der Waals surface area contributed by atoms with Crippen LogP contribution in [0.5, 0.6) is 5.75 Å². The number of carbonyl (C=O) groups excluding carboxylic acids is 3. The Kier molecular flexibility index (Phi) is 8.56. The van der Waals surface area contributed by atoms with Crippen LogP contribution in [0.4, 0.5) is 11.4 Å². The van der Waals surface area contributed by atoms with Crippen LogP contribution in [0.3, 0.4) is 0 Å². The van der Waals surface area contributed by atoms with Gasteiger partial charge in [-0.1, -0.05) is 61.9 Å². The highest BCUT2D eigenvalue weighted by atomic mass is 35.5. The lowest BCUT2D eigenvalue weighted by Crippen LogP contribution is -2.57. The zero-order chi connectivity index (χ0) is 32.1. The zero-order valence-corrected chi connectivity index (χ0v) is 27.6. The SMILES string of the molecule is CCOc1ccc(N2CC=C[C@]3(C)S[C@]45C=CCN(c6ccccc6Cl)C(=O)C4N([C@@H](CO)CC(C)C)C(=O)[C@@H]5[C@@H]3C2=O)cc1. The van der Waals surface area contributed by atoms with Gasteiger partial charge in [0.05, 0.1) is 46.5 Å². The molecule has 4 aliphatic rings. The molecule has 6 atom stereocenters. The maximum Gasteiger partial charge on any atom is 0.251 e. The van der Waals surface area contributed by atoms with E-state index in [1.807, 2.05) is 88.4 Å². The number of carbonyl (C=O) groups is 3. The van der Waals surface area contributed by atoms with Gasteiger partial charge >= 0.3 is 0 Å². The molecule has 3 amide bonds. The van der Waals surface area contributed by atoms with E-state index in [2.05, 4.69) is 0 Å². The van der Waals surface area contributed by atoms with Crippen molar-refractivity contribution in [3.8, 4) is 5.75 Å². The minimum atomic E-state index is -1.03. The minimum Gasteiger partial charge on any atom is -0.494 e. The summed E-state index contributed by atoms with van der Waals surface area (Å²) >= 11 is 8.13. The highest BCUT2D eigenvalue weighted by Crippen LogP contribution is 2.66. The molecular weight excluding hydrogens is 610 g/mol. The first kappa shape index (κ1) is 31.7. The van der Waals surface area contributed by atoms with Gasteiger partial charge in [-0.25, -0.2) is 0 Å². The van der Waals surface area contributed by atoms with Crippen molar-refractivity contribution < 1.29 is 24.2 Å². The molecule has 2 saturated heterocycles. The lowest BCUT2D eigenvalue weighted by Gasteiger charge is -2.40. The van der Waals surface area contributed by atoms with Crippen LogP contribution in [0, 0.1) is 17.8 Å². The third-order valence-corrected chi connectivity index (χ3v) is 11.6. The number of ether oxygens (including phenoxy) is 1. The summed E-state index contributed by atoms with van der Waals surface area (Å²) in [6.45, 7) is 8.88. The van der Waals surface area contributed by atoms with E-state index in [1.54, 1.807) is 26.8 Å². The van der Waals surface area contributed by atoms with Crippen LogP contribution in [0.15, 0.2) is 72.8 Å². The number of amides is 3. The Bertz CT molecular complexity index is 1550. The average Bonchev–Trinajstić information content (AvgIpc) is 3.28. The fraction of sp³-hybridized carbons (Fsp3) is 0.457. The van der Waals surface area contributed by atoms with Crippen molar-refractivity contribution in [2.45, 2.75) is 55.7 Å². The Morgan fingerprint density at radius 3 is 2.31 bits per heavy atom. The monoisotopic (exact) mass is 649 g/mol. The molecule has 0 radical (unpaired) electrons. The minimum absolute atomic E-state index is 0.160. The van der Waals surface area contributed by atoms with Crippen LogP contribution in [0.1, 0.15) is 34.1 Å². The second kappa shape index (κ2) is 12.2. The highest BCUT2D eigenvalue weighted by molar-refractivity contribution is 8.02. The molecule has 0 aromatic heterocycles. The van der Waals surface area contributed by atoms with Crippen molar-refractivity contribution in [1.29, 1.82) is 0 Å².